The molecule has 1 aromatic carbocycles. The molecule has 0 spiro atoms. The summed E-state index contributed by atoms with van der Waals surface area (Å²) in [7, 11) is 2.07. The third kappa shape index (κ3) is 3.91. The van der Waals surface area contributed by atoms with Gasteiger partial charge in [-0.05, 0) is 24.6 Å². The Labute approximate surface area is 97.3 Å². The Morgan fingerprint density at radius 2 is 2.06 bits per heavy atom. The van der Waals surface area contributed by atoms with Gasteiger partial charge in [-0.1, -0.05) is 26.0 Å². The van der Waals surface area contributed by atoms with E-state index >= 15 is 0 Å². The van der Waals surface area contributed by atoms with Crippen molar-refractivity contribution in [2.24, 2.45) is 11.7 Å². The van der Waals surface area contributed by atoms with Crippen LogP contribution in [0.3, 0.4) is 0 Å². The van der Waals surface area contributed by atoms with Crippen molar-refractivity contribution in [1.29, 1.82) is 0 Å². The highest BCUT2D eigenvalue weighted by Crippen LogP contribution is 2.12. The first-order valence-electron chi connectivity index (χ1n) is 5.68. The number of rotatable bonds is 5. The summed E-state index contributed by atoms with van der Waals surface area (Å²) in [5, 5.41) is 0. The van der Waals surface area contributed by atoms with Crippen LogP contribution < -0.4 is 5.73 Å². The van der Waals surface area contributed by atoms with Crippen LogP contribution in [0, 0.1) is 11.7 Å². The van der Waals surface area contributed by atoms with Crippen molar-refractivity contribution in [2.45, 2.75) is 26.9 Å². The summed E-state index contributed by atoms with van der Waals surface area (Å²) in [6.45, 7) is 6.51. The number of nitrogens with zero attached hydrogens (tertiary/aromatic N) is 1. The van der Waals surface area contributed by atoms with Gasteiger partial charge < -0.3 is 10.6 Å². The lowest BCUT2D eigenvalue weighted by molar-refractivity contribution is 0.288. The van der Waals surface area contributed by atoms with Crippen molar-refractivity contribution in [3.63, 3.8) is 0 Å². The first-order valence-corrected chi connectivity index (χ1v) is 5.68. The molecule has 0 unspecified atom stereocenters. The van der Waals surface area contributed by atoms with Gasteiger partial charge in [0, 0.05) is 25.2 Å². The fourth-order valence-corrected chi connectivity index (χ4v) is 1.88. The van der Waals surface area contributed by atoms with E-state index in [1.807, 2.05) is 12.1 Å². The molecule has 0 aliphatic rings. The molecule has 0 heterocycles. The van der Waals surface area contributed by atoms with E-state index in [2.05, 4.69) is 25.8 Å². The zero-order chi connectivity index (χ0) is 12.1. The summed E-state index contributed by atoms with van der Waals surface area (Å²) < 4.78 is 13.2. The van der Waals surface area contributed by atoms with Gasteiger partial charge in [0.1, 0.15) is 5.82 Å². The van der Waals surface area contributed by atoms with Gasteiger partial charge in [-0.2, -0.15) is 0 Å². The summed E-state index contributed by atoms with van der Waals surface area (Å²) in [6.07, 6.45) is 0. The highest BCUT2D eigenvalue weighted by molar-refractivity contribution is 5.24. The lowest BCUT2D eigenvalue weighted by Crippen LogP contribution is -2.22. The van der Waals surface area contributed by atoms with E-state index < -0.39 is 0 Å². The summed E-state index contributed by atoms with van der Waals surface area (Å²) in [6, 6.07) is 5.18. The monoisotopic (exact) mass is 224 g/mol. The molecule has 0 atom stereocenters. The average molecular weight is 224 g/mol. The van der Waals surface area contributed by atoms with Crippen LogP contribution in [0.2, 0.25) is 0 Å². The predicted molar refractivity (Wildman–Crippen MR) is 65.5 cm³/mol. The molecule has 1 aromatic rings. The molecular formula is C13H21FN2. The number of hydrogen-bond donors (Lipinski definition) is 1. The fourth-order valence-electron chi connectivity index (χ4n) is 1.88. The molecule has 2 nitrogen and oxygen atoms in total. The van der Waals surface area contributed by atoms with Crippen LogP contribution in [0.25, 0.3) is 0 Å². The van der Waals surface area contributed by atoms with Crippen molar-refractivity contribution in [2.75, 3.05) is 13.6 Å². The molecule has 0 radical (unpaired) electrons. The molecule has 0 saturated carbocycles. The van der Waals surface area contributed by atoms with Crippen LogP contribution in [0.5, 0.6) is 0 Å². The third-order valence-corrected chi connectivity index (χ3v) is 2.46. The van der Waals surface area contributed by atoms with Crippen LogP contribution in [0.15, 0.2) is 18.2 Å². The SMILES string of the molecule is CC(C)CN(C)Cc1ccc(F)c(CN)c1. The van der Waals surface area contributed by atoms with E-state index in [9.17, 15) is 4.39 Å². The van der Waals surface area contributed by atoms with E-state index in [0.717, 1.165) is 18.7 Å². The summed E-state index contributed by atoms with van der Waals surface area (Å²) in [5.74, 6) is 0.428. The van der Waals surface area contributed by atoms with Gasteiger partial charge in [0.2, 0.25) is 0 Å². The van der Waals surface area contributed by atoms with E-state index in [1.165, 1.54) is 6.07 Å². The molecule has 0 bridgehead atoms. The Hall–Kier alpha value is -0.930. The second kappa shape index (κ2) is 5.97. The molecular weight excluding hydrogens is 203 g/mol. The van der Waals surface area contributed by atoms with Crippen molar-refractivity contribution in [3.05, 3.63) is 35.1 Å². The molecule has 0 fully saturated rings. The van der Waals surface area contributed by atoms with Crippen molar-refractivity contribution >= 4 is 0 Å². The first-order chi connectivity index (χ1) is 7.52. The second-order valence-electron chi connectivity index (χ2n) is 4.72. The molecule has 0 aliphatic heterocycles. The Morgan fingerprint density at radius 1 is 1.38 bits per heavy atom. The molecule has 90 valence electrons. The van der Waals surface area contributed by atoms with E-state index in [1.54, 1.807) is 0 Å². The number of nitrogens with two attached hydrogens (primary N) is 1. The second-order valence-corrected chi connectivity index (χ2v) is 4.72. The Kier molecular flexibility index (Phi) is 4.90. The standard InChI is InChI=1S/C13H21FN2/c1-10(2)8-16(3)9-11-4-5-13(14)12(6-11)7-15/h4-6,10H,7-9,15H2,1-3H3. The molecule has 0 amide bonds. The van der Waals surface area contributed by atoms with Gasteiger partial charge >= 0.3 is 0 Å². The van der Waals surface area contributed by atoms with Crippen LogP contribution in [0.1, 0.15) is 25.0 Å². The van der Waals surface area contributed by atoms with Crippen LogP contribution in [-0.2, 0) is 13.1 Å². The van der Waals surface area contributed by atoms with Gasteiger partial charge in [-0.15, -0.1) is 0 Å². The topological polar surface area (TPSA) is 29.3 Å². The number of halogens is 1. The van der Waals surface area contributed by atoms with Crippen LogP contribution in [-0.4, -0.2) is 18.5 Å². The first kappa shape index (κ1) is 13.1. The van der Waals surface area contributed by atoms with Gasteiger partial charge in [-0.3, -0.25) is 0 Å². The summed E-state index contributed by atoms with van der Waals surface area (Å²) in [5.41, 5.74) is 7.19. The lowest BCUT2D eigenvalue weighted by atomic mass is 10.1. The Morgan fingerprint density at radius 3 is 2.62 bits per heavy atom. The minimum atomic E-state index is -0.210. The van der Waals surface area contributed by atoms with Crippen LogP contribution >= 0.6 is 0 Å². The zero-order valence-electron chi connectivity index (χ0n) is 10.3. The van der Waals surface area contributed by atoms with Gasteiger partial charge in [0.25, 0.3) is 0 Å². The maximum Gasteiger partial charge on any atom is 0.127 e. The minimum Gasteiger partial charge on any atom is -0.326 e. The zero-order valence-corrected chi connectivity index (χ0v) is 10.3. The molecule has 3 heteroatoms. The lowest BCUT2D eigenvalue weighted by Gasteiger charge is -2.19. The third-order valence-electron chi connectivity index (χ3n) is 2.46. The molecule has 1 rings (SSSR count). The normalized spacial score (nSPS) is 11.4. The molecule has 16 heavy (non-hydrogen) atoms. The van der Waals surface area contributed by atoms with Gasteiger partial charge in [0.05, 0.1) is 0 Å². The summed E-state index contributed by atoms with van der Waals surface area (Å²) in [4.78, 5) is 2.23. The molecule has 2 N–H and O–H groups in total. The highest BCUT2D eigenvalue weighted by Gasteiger charge is 2.05. The number of benzene rings is 1. The highest BCUT2D eigenvalue weighted by atomic mass is 19.1. The Bertz CT molecular complexity index is 337. The predicted octanol–water partition coefficient (Wildman–Crippen LogP) is 2.37. The largest absolute Gasteiger partial charge is 0.326 e. The molecule has 0 aromatic heterocycles. The van der Waals surface area contributed by atoms with Gasteiger partial charge in [0.15, 0.2) is 0 Å². The van der Waals surface area contributed by atoms with Crippen molar-refractivity contribution in [3.8, 4) is 0 Å². The molecule has 0 saturated heterocycles. The smallest absolute Gasteiger partial charge is 0.127 e. The van der Waals surface area contributed by atoms with Crippen molar-refractivity contribution < 1.29 is 4.39 Å². The summed E-state index contributed by atoms with van der Waals surface area (Å²) >= 11 is 0. The maximum atomic E-state index is 13.2. The van der Waals surface area contributed by atoms with E-state index in [-0.39, 0.29) is 12.4 Å². The minimum absolute atomic E-state index is 0.210. The molecule has 0 aliphatic carbocycles. The van der Waals surface area contributed by atoms with Gasteiger partial charge in [-0.25, -0.2) is 4.39 Å². The maximum absolute atomic E-state index is 13.2. The van der Waals surface area contributed by atoms with E-state index in [4.69, 9.17) is 5.73 Å². The fraction of sp³-hybridized carbons (Fsp3) is 0.538. The van der Waals surface area contributed by atoms with Crippen LogP contribution in [0.4, 0.5) is 4.39 Å². The number of hydrogen-bond acceptors (Lipinski definition) is 2. The Balaban J connectivity index is 2.67. The quantitative estimate of drug-likeness (QED) is 0.832. The van der Waals surface area contributed by atoms with Crippen molar-refractivity contribution in [1.82, 2.24) is 4.90 Å². The van der Waals surface area contributed by atoms with E-state index in [0.29, 0.717) is 11.5 Å². The average Bonchev–Trinajstić information content (AvgIpc) is 2.19.